The summed E-state index contributed by atoms with van der Waals surface area (Å²) in [6, 6.07) is 3.06. The second-order valence-corrected chi connectivity index (χ2v) is 20.6. The molecular formula is C49H84N6O11. The van der Waals surface area contributed by atoms with Gasteiger partial charge in [-0.2, -0.15) is 0 Å². The summed E-state index contributed by atoms with van der Waals surface area (Å²) in [7, 11) is 6.21. The zero-order valence-electron chi connectivity index (χ0n) is 43.1. The van der Waals surface area contributed by atoms with Gasteiger partial charge in [0.2, 0.25) is 23.6 Å². The second-order valence-electron chi connectivity index (χ2n) is 20.6. The van der Waals surface area contributed by atoms with Crippen molar-refractivity contribution in [2.24, 2.45) is 23.7 Å². The molecular weight excluding hydrogens is 849 g/mol. The van der Waals surface area contributed by atoms with Crippen molar-refractivity contribution in [1.82, 2.24) is 25.3 Å². The molecule has 0 saturated carbocycles. The molecule has 10 atom stereocenters. The molecule has 0 aromatic heterocycles. The van der Waals surface area contributed by atoms with Gasteiger partial charge in [0, 0.05) is 40.5 Å². The SMILES string of the molecule is CC[C@H](C)[C@@H]([C@@H](CC(=O)N1CCC[C@H]1[C@H](OC)[C@@H](C)C(=O)N[C@H](C)[C@@H](O)c1ccc(NC(=O)OC(C)(C)C)cc1)OC)N(C)C(=O)[C@@H](NC(=O)[C@H](C(C)C)N(C)C(=O)OC(C)(C)C)C(C)C. The summed E-state index contributed by atoms with van der Waals surface area (Å²) in [5.74, 6) is -2.85. The highest BCUT2D eigenvalue weighted by Gasteiger charge is 2.44. The lowest BCUT2D eigenvalue weighted by Gasteiger charge is -2.41. The van der Waals surface area contributed by atoms with Gasteiger partial charge in [-0.25, -0.2) is 9.59 Å². The van der Waals surface area contributed by atoms with Crippen molar-refractivity contribution in [3.8, 4) is 0 Å². The number of methoxy groups -OCH3 is 2. The fourth-order valence-corrected chi connectivity index (χ4v) is 8.56. The van der Waals surface area contributed by atoms with E-state index in [9.17, 15) is 33.9 Å². The molecule has 1 fully saturated rings. The van der Waals surface area contributed by atoms with Gasteiger partial charge in [0.05, 0.1) is 48.8 Å². The molecule has 4 N–H and O–H groups in total. The molecule has 1 saturated heterocycles. The normalized spacial score (nSPS) is 18.5. The summed E-state index contributed by atoms with van der Waals surface area (Å²) < 4.78 is 22.8. The van der Waals surface area contributed by atoms with E-state index in [1.807, 2.05) is 41.5 Å². The summed E-state index contributed by atoms with van der Waals surface area (Å²) in [6.45, 7) is 25.7. The Morgan fingerprint density at radius 2 is 1.38 bits per heavy atom. The average molecular weight is 933 g/mol. The minimum absolute atomic E-state index is 0.0548. The minimum atomic E-state index is -1.06. The summed E-state index contributed by atoms with van der Waals surface area (Å²) in [6.07, 6.45) is -1.80. The standard InChI is InChI=1S/C49H84N6O11/c1-19-30(6)40(53(15)45(60)38(28(2)3)52-44(59)39(29(4)5)54(16)47(62)66-49(12,13)14)36(63-17)27-37(56)55-26-20-21-35(55)42(64-18)31(7)43(58)50-32(8)41(57)33-22-24-34(25-23-33)51-46(61)65-48(9,10)11/h22-25,28-32,35-36,38-42,57H,19-21,26-27H2,1-18H3,(H,50,58)(H,51,61)(H,52,59)/t30-,31+,32+,35-,36+,38-,39-,40-,41+,42+/m0/s1. The average Bonchev–Trinajstić information content (AvgIpc) is 3.70. The van der Waals surface area contributed by atoms with Gasteiger partial charge in [-0.15, -0.1) is 0 Å². The number of hydrogen-bond donors (Lipinski definition) is 4. The number of carbonyl (C=O) groups excluding carboxylic acids is 6. The molecule has 1 heterocycles. The van der Waals surface area contributed by atoms with Crippen molar-refractivity contribution in [1.29, 1.82) is 0 Å². The highest BCUT2D eigenvalue weighted by Crippen LogP contribution is 2.30. The predicted molar refractivity (Wildman–Crippen MR) is 254 cm³/mol. The van der Waals surface area contributed by atoms with E-state index in [0.717, 1.165) is 0 Å². The van der Waals surface area contributed by atoms with Crippen molar-refractivity contribution >= 4 is 41.5 Å². The molecule has 1 aliphatic rings. The molecule has 1 aromatic rings. The van der Waals surface area contributed by atoms with Crippen LogP contribution in [0.5, 0.6) is 0 Å². The second kappa shape index (κ2) is 25.0. The van der Waals surface area contributed by atoms with Gasteiger partial charge in [0.1, 0.15) is 23.3 Å². The van der Waals surface area contributed by atoms with Crippen LogP contribution in [0.1, 0.15) is 134 Å². The number of anilines is 1. The molecule has 376 valence electrons. The van der Waals surface area contributed by atoms with Crippen LogP contribution < -0.4 is 16.0 Å². The molecule has 0 unspecified atom stereocenters. The summed E-state index contributed by atoms with van der Waals surface area (Å²) in [5.41, 5.74) is -0.408. The predicted octanol–water partition coefficient (Wildman–Crippen LogP) is 6.52. The summed E-state index contributed by atoms with van der Waals surface area (Å²) in [4.78, 5) is 86.3. The van der Waals surface area contributed by atoms with Gasteiger partial charge < -0.3 is 44.5 Å². The van der Waals surface area contributed by atoms with E-state index < -0.39 is 83.7 Å². The lowest BCUT2D eigenvalue weighted by atomic mass is 9.89. The number of aliphatic hydroxyl groups is 1. The van der Waals surface area contributed by atoms with Gasteiger partial charge in [0.15, 0.2) is 0 Å². The summed E-state index contributed by atoms with van der Waals surface area (Å²) in [5, 5.41) is 19.7. The van der Waals surface area contributed by atoms with Gasteiger partial charge >= 0.3 is 12.2 Å². The van der Waals surface area contributed by atoms with Crippen LogP contribution in [0.15, 0.2) is 24.3 Å². The Labute approximate surface area is 394 Å². The molecule has 17 heteroatoms. The number of benzene rings is 1. The molecule has 1 aromatic carbocycles. The lowest BCUT2D eigenvalue weighted by Crippen LogP contribution is -2.60. The van der Waals surface area contributed by atoms with Crippen LogP contribution in [0.2, 0.25) is 0 Å². The maximum atomic E-state index is 14.5. The number of likely N-dealkylation sites (tertiary alicyclic amines) is 1. The van der Waals surface area contributed by atoms with Gasteiger partial charge in [-0.3, -0.25) is 29.4 Å². The lowest BCUT2D eigenvalue weighted by molar-refractivity contribution is -0.148. The van der Waals surface area contributed by atoms with E-state index in [0.29, 0.717) is 37.1 Å². The number of nitrogens with one attached hydrogen (secondary N) is 3. The van der Waals surface area contributed by atoms with Crippen LogP contribution in [-0.2, 0) is 38.1 Å². The molecule has 66 heavy (non-hydrogen) atoms. The van der Waals surface area contributed by atoms with Crippen molar-refractivity contribution in [3.05, 3.63) is 29.8 Å². The van der Waals surface area contributed by atoms with Gasteiger partial charge in [-0.05, 0) is 96.8 Å². The fraction of sp³-hybridized carbons (Fsp3) is 0.755. The number of ether oxygens (including phenoxy) is 4. The third kappa shape index (κ3) is 16.4. The van der Waals surface area contributed by atoms with Crippen LogP contribution in [-0.4, -0.2) is 144 Å². The zero-order valence-corrected chi connectivity index (χ0v) is 43.1. The number of amides is 6. The summed E-state index contributed by atoms with van der Waals surface area (Å²) >= 11 is 0. The quantitative estimate of drug-likeness (QED) is 0.104. The third-order valence-electron chi connectivity index (χ3n) is 12.2. The molecule has 17 nitrogen and oxygen atoms in total. The third-order valence-corrected chi connectivity index (χ3v) is 12.2. The van der Waals surface area contributed by atoms with Crippen LogP contribution in [0, 0.1) is 23.7 Å². The van der Waals surface area contributed by atoms with Crippen molar-refractivity contribution in [2.45, 2.75) is 182 Å². The number of carbonyl (C=O) groups is 6. The first kappa shape index (κ1) is 57.6. The Balaban J connectivity index is 2.24. The Morgan fingerprint density at radius 1 is 0.803 bits per heavy atom. The van der Waals surface area contributed by atoms with Crippen molar-refractivity contribution in [3.63, 3.8) is 0 Å². The van der Waals surface area contributed by atoms with E-state index in [1.165, 1.54) is 26.2 Å². The van der Waals surface area contributed by atoms with Crippen LogP contribution in [0.4, 0.5) is 15.3 Å². The molecule has 0 radical (unpaired) electrons. The van der Waals surface area contributed by atoms with Crippen LogP contribution in [0.25, 0.3) is 0 Å². The molecule has 0 spiro atoms. The topological polar surface area (TPSA) is 205 Å². The molecule has 0 bridgehead atoms. The number of aliphatic hydroxyl groups excluding tert-OH is 1. The first-order valence-electron chi connectivity index (χ1n) is 23.5. The largest absolute Gasteiger partial charge is 0.444 e. The zero-order chi connectivity index (χ0) is 50.6. The van der Waals surface area contributed by atoms with E-state index in [2.05, 4.69) is 16.0 Å². The maximum absolute atomic E-state index is 14.5. The number of hydrogen-bond acceptors (Lipinski definition) is 11. The Hall–Kier alpha value is -4.48. The first-order valence-corrected chi connectivity index (χ1v) is 23.5. The number of nitrogens with zero attached hydrogens (tertiary/aromatic N) is 3. The Morgan fingerprint density at radius 3 is 1.86 bits per heavy atom. The smallest absolute Gasteiger partial charge is 0.412 e. The van der Waals surface area contributed by atoms with Crippen LogP contribution >= 0.6 is 0 Å². The fourth-order valence-electron chi connectivity index (χ4n) is 8.56. The Bertz CT molecular complexity index is 1760. The highest BCUT2D eigenvalue weighted by atomic mass is 16.6. The molecule has 6 amide bonds. The van der Waals surface area contributed by atoms with Gasteiger partial charge in [-0.1, -0.05) is 67.0 Å². The molecule has 2 rings (SSSR count). The maximum Gasteiger partial charge on any atom is 0.412 e. The van der Waals surface area contributed by atoms with Crippen molar-refractivity contribution < 1.29 is 52.8 Å². The first-order chi connectivity index (χ1) is 30.5. The monoisotopic (exact) mass is 933 g/mol. The number of likely N-dealkylation sites (N-methyl/N-ethyl adjacent to an activating group) is 2. The van der Waals surface area contributed by atoms with Crippen molar-refractivity contribution in [2.75, 3.05) is 40.2 Å². The van der Waals surface area contributed by atoms with E-state index in [-0.39, 0.29) is 41.9 Å². The van der Waals surface area contributed by atoms with E-state index in [4.69, 9.17) is 18.9 Å². The van der Waals surface area contributed by atoms with Crippen LogP contribution in [0.3, 0.4) is 0 Å². The highest BCUT2D eigenvalue weighted by molar-refractivity contribution is 5.92. The molecule has 0 aliphatic carbocycles. The number of rotatable bonds is 21. The van der Waals surface area contributed by atoms with E-state index >= 15 is 0 Å². The molecule has 1 aliphatic heterocycles. The van der Waals surface area contributed by atoms with Gasteiger partial charge in [0.25, 0.3) is 0 Å². The Kier molecular flexibility index (Phi) is 21.9. The van der Waals surface area contributed by atoms with E-state index in [1.54, 1.807) is 96.5 Å². The minimum Gasteiger partial charge on any atom is -0.444 e.